The first kappa shape index (κ1) is 11.9. The molecule has 0 N–H and O–H groups in total. The van der Waals surface area contributed by atoms with Gasteiger partial charge in [-0.05, 0) is 58.5 Å². The van der Waals surface area contributed by atoms with E-state index in [0.717, 1.165) is 16.8 Å². The monoisotopic (exact) mass is 388 g/mol. The van der Waals surface area contributed by atoms with Gasteiger partial charge in [0.05, 0.1) is 0 Å². The van der Waals surface area contributed by atoms with Gasteiger partial charge in [0.15, 0.2) is 0 Å². The minimum atomic E-state index is 0.867. The molecule has 0 fully saturated rings. The number of rotatable bonds is 3. The van der Waals surface area contributed by atoms with Gasteiger partial charge in [-0.1, -0.05) is 34.1 Å². The number of halogens is 2. The van der Waals surface area contributed by atoms with Crippen LogP contribution in [0.15, 0.2) is 48.5 Å². The van der Waals surface area contributed by atoms with Crippen molar-refractivity contribution in [2.45, 2.75) is 5.33 Å². The van der Waals surface area contributed by atoms with E-state index in [9.17, 15) is 0 Å². The summed E-state index contributed by atoms with van der Waals surface area (Å²) in [6, 6.07) is 16.1. The van der Waals surface area contributed by atoms with E-state index in [-0.39, 0.29) is 0 Å². The van der Waals surface area contributed by atoms with Gasteiger partial charge in [0.25, 0.3) is 0 Å². The maximum absolute atomic E-state index is 5.74. The molecule has 1 nitrogen and oxygen atoms in total. The number of hydrogen-bond acceptors (Lipinski definition) is 1. The van der Waals surface area contributed by atoms with E-state index >= 15 is 0 Å². The van der Waals surface area contributed by atoms with Crippen molar-refractivity contribution in [3.05, 3.63) is 57.7 Å². The molecule has 3 heteroatoms. The van der Waals surface area contributed by atoms with Crippen LogP contribution in [0.1, 0.15) is 5.56 Å². The second-order valence-electron chi connectivity index (χ2n) is 3.34. The average molecular weight is 389 g/mol. The van der Waals surface area contributed by atoms with Gasteiger partial charge in [0.1, 0.15) is 11.5 Å². The highest BCUT2D eigenvalue weighted by atomic mass is 127. The molecule has 0 aromatic heterocycles. The molecule has 0 saturated carbocycles. The van der Waals surface area contributed by atoms with E-state index in [1.54, 1.807) is 0 Å². The quantitative estimate of drug-likeness (QED) is 0.532. The maximum Gasteiger partial charge on any atom is 0.128 e. The summed E-state index contributed by atoms with van der Waals surface area (Å²) < 4.78 is 6.91. The minimum Gasteiger partial charge on any atom is -0.457 e. The van der Waals surface area contributed by atoms with Crippen LogP contribution in [0.4, 0.5) is 0 Å². The Bertz CT molecular complexity index is 468. The van der Waals surface area contributed by atoms with Gasteiger partial charge in [0.2, 0.25) is 0 Å². The molecule has 0 radical (unpaired) electrons. The second-order valence-corrected chi connectivity index (χ2v) is 5.14. The van der Waals surface area contributed by atoms with E-state index in [1.807, 2.05) is 36.4 Å². The first-order valence-electron chi connectivity index (χ1n) is 4.86. The van der Waals surface area contributed by atoms with Gasteiger partial charge in [0, 0.05) is 8.90 Å². The largest absolute Gasteiger partial charge is 0.457 e. The summed E-state index contributed by atoms with van der Waals surface area (Å²) in [7, 11) is 0. The van der Waals surface area contributed by atoms with Crippen molar-refractivity contribution in [1.82, 2.24) is 0 Å². The molecule has 0 spiro atoms. The van der Waals surface area contributed by atoms with Gasteiger partial charge >= 0.3 is 0 Å². The molecule has 2 aromatic rings. The molecule has 0 atom stereocenters. The third-order valence-electron chi connectivity index (χ3n) is 2.11. The zero-order valence-corrected chi connectivity index (χ0v) is 12.2. The third-order valence-corrected chi connectivity index (χ3v) is 3.43. The van der Waals surface area contributed by atoms with Crippen molar-refractivity contribution in [3.63, 3.8) is 0 Å². The number of alkyl halides is 1. The summed E-state index contributed by atoms with van der Waals surface area (Å²) >= 11 is 5.69. The van der Waals surface area contributed by atoms with E-state index in [2.05, 4.69) is 50.7 Å². The molecule has 82 valence electrons. The summed E-state index contributed by atoms with van der Waals surface area (Å²) in [5.74, 6) is 1.74. The van der Waals surface area contributed by atoms with Gasteiger partial charge in [-0.3, -0.25) is 0 Å². The van der Waals surface area contributed by atoms with Crippen LogP contribution in [0.25, 0.3) is 0 Å². The fourth-order valence-corrected chi connectivity index (χ4v) is 2.20. The molecule has 0 aliphatic rings. The van der Waals surface area contributed by atoms with Crippen molar-refractivity contribution in [1.29, 1.82) is 0 Å². The molecule has 16 heavy (non-hydrogen) atoms. The van der Waals surface area contributed by atoms with Crippen molar-refractivity contribution in [3.8, 4) is 11.5 Å². The van der Waals surface area contributed by atoms with Crippen LogP contribution in [-0.2, 0) is 5.33 Å². The first-order chi connectivity index (χ1) is 7.78. The van der Waals surface area contributed by atoms with Gasteiger partial charge in [-0.25, -0.2) is 0 Å². The molecule has 2 rings (SSSR count). The van der Waals surface area contributed by atoms with E-state index < -0.39 is 0 Å². The minimum absolute atomic E-state index is 0.867. The van der Waals surface area contributed by atoms with E-state index in [0.29, 0.717) is 0 Å². The molecule has 0 aliphatic carbocycles. The highest BCUT2D eigenvalue weighted by Gasteiger charge is 1.98. The van der Waals surface area contributed by atoms with Crippen LogP contribution < -0.4 is 4.74 Å². The topological polar surface area (TPSA) is 9.23 Å². The Kier molecular flexibility index (Phi) is 4.23. The van der Waals surface area contributed by atoms with Crippen LogP contribution in [0, 0.1) is 3.57 Å². The number of benzene rings is 2. The lowest BCUT2D eigenvalue weighted by atomic mass is 10.2. The summed E-state index contributed by atoms with van der Waals surface area (Å²) in [6.45, 7) is 0. The normalized spacial score (nSPS) is 10.1. The summed E-state index contributed by atoms with van der Waals surface area (Å²) in [5.41, 5.74) is 1.25. The zero-order chi connectivity index (χ0) is 11.4. The molecular weight excluding hydrogens is 379 g/mol. The molecular formula is C13H10BrIO. The molecule has 0 heterocycles. The van der Waals surface area contributed by atoms with Crippen molar-refractivity contribution >= 4 is 38.5 Å². The lowest BCUT2D eigenvalue weighted by Crippen LogP contribution is -1.85. The molecule has 0 saturated heterocycles. The lowest BCUT2D eigenvalue weighted by molar-refractivity contribution is 0.482. The van der Waals surface area contributed by atoms with Crippen molar-refractivity contribution in [2.24, 2.45) is 0 Å². The Morgan fingerprint density at radius 2 is 1.75 bits per heavy atom. The molecule has 0 aliphatic heterocycles. The first-order valence-corrected chi connectivity index (χ1v) is 7.06. The molecule has 2 aromatic carbocycles. The lowest BCUT2D eigenvalue weighted by Gasteiger charge is -2.06. The molecule has 0 bridgehead atoms. The highest BCUT2D eigenvalue weighted by molar-refractivity contribution is 14.1. The van der Waals surface area contributed by atoms with E-state index in [1.165, 1.54) is 9.13 Å². The Labute approximate surface area is 117 Å². The smallest absolute Gasteiger partial charge is 0.128 e. The summed E-state index contributed by atoms with van der Waals surface area (Å²) in [4.78, 5) is 0. The average Bonchev–Trinajstić information content (AvgIpc) is 2.30. The zero-order valence-electron chi connectivity index (χ0n) is 8.49. The maximum atomic E-state index is 5.74. The Hall–Kier alpha value is -0.550. The van der Waals surface area contributed by atoms with Crippen LogP contribution in [0.3, 0.4) is 0 Å². The van der Waals surface area contributed by atoms with Gasteiger partial charge < -0.3 is 4.74 Å². The third kappa shape index (κ3) is 3.22. The van der Waals surface area contributed by atoms with Crippen LogP contribution in [0.2, 0.25) is 0 Å². The Morgan fingerprint density at radius 1 is 1.00 bits per heavy atom. The summed E-state index contributed by atoms with van der Waals surface area (Å²) in [5, 5.41) is 0.872. The Morgan fingerprint density at radius 3 is 2.38 bits per heavy atom. The fourth-order valence-electron chi connectivity index (χ4n) is 1.31. The molecule has 0 amide bonds. The predicted octanol–water partition coefficient (Wildman–Crippen LogP) is 4.98. The van der Waals surface area contributed by atoms with Crippen LogP contribution in [-0.4, -0.2) is 0 Å². The van der Waals surface area contributed by atoms with Crippen LogP contribution in [0.5, 0.6) is 11.5 Å². The van der Waals surface area contributed by atoms with Crippen molar-refractivity contribution in [2.75, 3.05) is 0 Å². The van der Waals surface area contributed by atoms with Crippen LogP contribution >= 0.6 is 38.5 Å². The van der Waals surface area contributed by atoms with Gasteiger partial charge in [-0.2, -0.15) is 0 Å². The fraction of sp³-hybridized carbons (Fsp3) is 0.0769. The summed E-state index contributed by atoms with van der Waals surface area (Å²) in [6.07, 6.45) is 0. The molecule has 0 unspecified atom stereocenters. The van der Waals surface area contributed by atoms with E-state index in [4.69, 9.17) is 4.74 Å². The highest BCUT2D eigenvalue weighted by Crippen LogP contribution is 2.23. The van der Waals surface area contributed by atoms with Crippen molar-refractivity contribution < 1.29 is 4.74 Å². The Balaban J connectivity index is 2.14. The number of hydrogen-bond donors (Lipinski definition) is 0. The second kappa shape index (κ2) is 5.68. The number of ether oxygens (including phenoxy) is 1. The SMILES string of the molecule is BrCc1ccc(Oc2cccc(I)c2)cc1. The predicted molar refractivity (Wildman–Crippen MR) is 78.3 cm³/mol. The van der Waals surface area contributed by atoms with Gasteiger partial charge in [-0.15, -0.1) is 0 Å². The standard InChI is InChI=1S/C13H10BrIO/c14-9-10-4-6-12(7-5-10)16-13-3-1-2-11(15)8-13/h1-8H,9H2.